The highest BCUT2D eigenvalue weighted by Crippen LogP contribution is 2.38. The molecule has 1 aliphatic heterocycles. The van der Waals surface area contributed by atoms with Crippen molar-refractivity contribution in [1.82, 2.24) is 24.8 Å². The van der Waals surface area contributed by atoms with E-state index in [0.29, 0.717) is 6.42 Å². The second-order valence-electron chi connectivity index (χ2n) is 8.27. The van der Waals surface area contributed by atoms with Gasteiger partial charge >= 0.3 is 12.0 Å². The second-order valence-corrected chi connectivity index (χ2v) is 8.27. The Balaban J connectivity index is 1.62. The largest absolute Gasteiger partial charge is 0.460 e. The number of unbranched alkanes of at least 4 members (excludes halogenated alkanes) is 3. The molecule has 4 N–H and O–H groups in total. The third-order valence-corrected chi connectivity index (χ3v) is 5.70. The number of nitrogen functional groups attached to an aromatic ring is 1. The van der Waals surface area contributed by atoms with Gasteiger partial charge in [0, 0.05) is 12.8 Å². The summed E-state index contributed by atoms with van der Waals surface area (Å²) in [5.74, 6) is 1.26. The number of carbonyl (C=O) groups excluding carboxylic acids is 2. The van der Waals surface area contributed by atoms with Crippen molar-refractivity contribution in [3.05, 3.63) is 12.4 Å². The average molecular weight is 477 g/mol. The fourth-order valence-corrected chi connectivity index (χ4v) is 3.73. The van der Waals surface area contributed by atoms with E-state index in [1.807, 2.05) is 0 Å². The molecule has 2 aromatic heterocycles. The fourth-order valence-electron chi connectivity index (χ4n) is 3.73. The van der Waals surface area contributed by atoms with E-state index in [1.165, 1.54) is 17.8 Å². The summed E-state index contributed by atoms with van der Waals surface area (Å²) in [4.78, 5) is 35.6. The Kier molecular flexibility index (Phi) is 8.01. The second kappa shape index (κ2) is 10.8. The van der Waals surface area contributed by atoms with Gasteiger partial charge in [-0.25, -0.2) is 9.78 Å². The number of hydrogen-bond donors (Lipinski definition) is 3. The van der Waals surface area contributed by atoms with Gasteiger partial charge in [0.15, 0.2) is 22.6 Å². The molecule has 12 heteroatoms. The van der Waals surface area contributed by atoms with Crippen LogP contribution in [0.15, 0.2) is 6.33 Å². The number of halogens is 1. The Morgan fingerprint density at radius 3 is 2.94 bits per heavy atom. The first-order valence-corrected chi connectivity index (χ1v) is 11.2. The first-order valence-electron chi connectivity index (χ1n) is 11.2. The van der Waals surface area contributed by atoms with E-state index < -0.39 is 42.6 Å². The number of anilines is 1. The molecular formula is C22H29FN6O5. The summed E-state index contributed by atoms with van der Waals surface area (Å²) in [7, 11) is 0. The SMILES string of the molecule is C#C[C@]1(COC(=O)[C@H](C)NC(=O)CCCCCC)O[C@@H](n2cnc3c(N)nc(F)nc32)C[C@@H]1O. The van der Waals surface area contributed by atoms with Crippen LogP contribution in [-0.2, 0) is 19.1 Å². The Bertz CT molecular complexity index is 1090. The monoisotopic (exact) mass is 476 g/mol. The molecule has 1 amide bonds. The van der Waals surface area contributed by atoms with Crippen LogP contribution in [0.5, 0.6) is 0 Å². The summed E-state index contributed by atoms with van der Waals surface area (Å²) in [5, 5.41) is 13.2. The van der Waals surface area contributed by atoms with Gasteiger partial charge in [-0.2, -0.15) is 14.4 Å². The number of aromatic nitrogens is 4. The maximum absolute atomic E-state index is 13.7. The molecule has 0 aromatic carbocycles. The van der Waals surface area contributed by atoms with Gasteiger partial charge in [-0.05, 0) is 13.3 Å². The van der Waals surface area contributed by atoms with Crippen molar-refractivity contribution < 1.29 is 28.6 Å². The van der Waals surface area contributed by atoms with Crippen molar-refractivity contribution in [3.63, 3.8) is 0 Å². The normalized spacial score (nSPS) is 22.9. The van der Waals surface area contributed by atoms with Crippen LogP contribution < -0.4 is 11.1 Å². The summed E-state index contributed by atoms with van der Waals surface area (Å²) >= 11 is 0. The number of nitrogens with one attached hydrogen (secondary N) is 1. The predicted octanol–water partition coefficient (Wildman–Crippen LogP) is 1.22. The molecule has 1 aliphatic rings. The first kappa shape index (κ1) is 25.3. The molecule has 0 radical (unpaired) electrons. The molecule has 0 bridgehead atoms. The molecule has 1 fully saturated rings. The van der Waals surface area contributed by atoms with Crippen LogP contribution in [-0.4, -0.2) is 60.9 Å². The number of nitrogens with two attached hydrogens (primary N) is 1. The third kappa shape index (κ3) is 5.43. The Morgan fingerprint density at radius 2 is 2.24 bits per heavy atom. The number of amides is 1. The number of nitrogens with zero attached hydrogens (tertiary/aromatic N) is 4. The summed E-state index contributed by atoms with van der Waals surface area (Å²) in [6.07, 6.45) is 7.96. The molecule has 4 atom stereocenters. The van der Waals surface area contributed by atoms with Crippen molar-refractivity contribution in [2.24, 2.45) is 0 Å². The molecule has 34 heavy (non-hydrogen) atoms. The van der Waals surface area contributed by atoms with Crippen LogP contribution in [0.1, 0.15) is 58.6 Å². The van der Waals surface area contributed by atoms with Gasteiger partial charge in [0.25, 0.3) is 0 Å². The molecule has 3 heterocycles. The molecule has 0 spiro atoms. The standard InChI is InChI=1S/C22H29FN6O5/c1-4-6-7-8-9-15(31)26-13(3)20(32)33-11-22(5-2)14(30)10-16(34-22)29-12-25-17-18(24)27-21(23)28-19(17)29/h2,12-14,16,30H,4,6-11H2,1,3H3,(H,26,31)(H2,24,27,28)/t13-,14-,16+,22+/m0/s1. The van der Waals surface area contributed by atoms with Crippen molar-refractivity contribution in [2.75, 3.05) is 12.3 Å². The smallest absolute Gasteiger partial charge is 0.328 e. The van der Waals surface area contributed by atoms with Crippen molar-refractivity contribution in [3.8, 4) is 12.3 Å². The molecule has 0 saturated carbocycles. The Labute approximate surface area is 196 Å². The maximum Gasteiger partial charge on any atom is 0.328 e. The lowest BCUT2D eigenvalue weighted by molar-refractivity contribution is -0.159. The van der Waals surface area contributed by atoms with Gasteiger partial charge in [0.05, 0.1) is 6.33 Å². The fraction of sp³-hybridized carbons (Fsp3) is 0.591. The van der Waals surface area contributed by atoms with Gasteiger partial charge in [0.1, 0.15) is 25.0 Å². The number of hydrogen-bond acceptors (Lipinski definition) is 9. The highest BCUT2D eigenvalue weighted by atomic mass is 19.1. The number of terminal acetylenes is 1. The lowest BCUT2D eigenvalue weighted by Gasteiger charge is -2.26. The molecule has 2 aromatic rings. The van der Waals surface area contributed by atoms with E-state index >= 15 is 0 Å². The third-order valence-electron chi connectivity index (χ3n) is 5.70. The number of esters is 1. The number of fused-ring (bicyclic) bond motifs is 1. The van der Waals surface area contributed by atoms with Gasteiger partial charge in [0.2, 0.25) is 5.91 Å². The van der Waals surface area contributed by atoms with Crippen LogP contribution in [0.3, 0.4) is 0 Å². The first-order chi connectivity index (χ1) is 16.2. The minimum Gasteiger partial charge on any atom is -0.460 e. The quantitative estimate of drug-likeness (QED) is 0.199. The van der Waals surface area contributed by atoms with E-state index in [-0.39, 0.29) is 29.3 Å². The zero-order valence-corrected chi connectivity index (χ0v) is 19.2. The molecule has 11 nitrogen and oxygen atoms in total. The highest BCUT2D eigenvalue weighted by Gasteiger charge is 2.49. The molecule has 3 rings (SSSR count). The minimum atomic E-state index is -1.65. The lowest BCUT2D eigenvalue weighted by Crippen LogP contribution is -2.46. The average Bonchev–Trinajstić information content (AvgIpc) is 3.36. The summed E-state index contributed by atoms with van der Waals surface area (Å²) in [6.45, 7) is 3.13. The van der Waals surface area contributed by atoms with Crippen LogP contribution in [0.2, 0.25) is 0 Å². The zero-order valence-electron chi connectivity index (χ0n) is 19.2. The van der Waals surface area contributed by atoms with Gasteiger partial charge in [-0.1, -0.05) is 32.1 Å². The number of imidazole rings is 1. The van der Waals surface area contributed by atoms with Gasteiger partial charge < -0.3 is 25.6 Å². The van der Waals surface area contributed by atoms with E-state index in [4.69, 9.17) is 21.6 Å². The van der Waals surface area contributed by atoms with Crippen molar-refractivity contribution in [2.45, 2.75) is 76.3 Å². The van der Waals surface area contributed by atoms with Gasteiger partial charge in [-0.3, -0.25) is 9.36 Å². The number of carbonyl (C=O) groups is 2. The van der Waals surface area contributed by atoms with Crippen LogP contribution >= 0.6 is 0 Å². The molecule has 0 aliphatic carbocycles. The lowest BCUT2D eigenvalue weighted by atomic mass is 9.99. The number of rotatable bonds is 10. The van der Waals surface area contributed by atoms with E-state index in [1.54, 1.807) is 0 Å². The minimum absolute atomic E-state index is 0.00276. The molecule has 184 valence electrons. The summed E-state index contributed by atoms with van der Waals surface area (Å²) in [5.41, 5.74) is 4.27. The number of aliphatic hydroxyl groups excluding tert-OH is 1. The van der Waals surface area contributed by atoms with Crippen molar-refractivity contribution in [1.29, 1.82) is 0 Å². The van der Waals surface area contributed by atoms with Gasteiger partial charge in [-0.15, -0.1) is 6.42 Å². The van der Waals surface area contributed by atoms with Crippen LogP contribution in [0.4, 0.5) is 10.2 Å². The Morgan fingerprint density at radius 1 is 1.47 bits per heavy atom. The van der Waals surface area contributed by atoms with Crippen LogP contribution in [0, 0.1) is 18.4 Å². The molecule has 1 saturated heterocycles. The zero-order chi connectivity index (χ0) is 24.9. The predicted molar refractivity (Wildman–Crippen MR) is 119 cm³/mol. The number of aliphatic hydroxyl groups is 1. The van der Waals surface area contributed by atoms with E-state index in [9.17, 15) is 19.1 Å². The molecular weight excluding hydrogens is 447 g/mol. The molecule has 0 unspecified atom stereocenters. The van der Waals surface area contributed by atoms with Crippen LogP contribution in [0.25, 0.3) is 11.2 Å². The maximum atomic E-state index is 13.7. The van der Waals surface area contributed by atoms with Crippen molar-refractivity contribution >= 4 is 28.9 Å². The van der Waals surface area contributed by atoms with E-state index in [2.05, 4.69) is 33.1 Å². The summed E-state index contributed by atoms with van der Waals surface area (Å²) < 4.78 is 26.2. The van der Waals surface area contributed by atoms with E-state index in [0.717, 1.165) is 25.7 Å². The Hall–Kier alpha value is -3.30. The topological polar surface area (TPSA) is 154 Å². The summed E-state index contributed by atoms with van der Waals surface area (Å²) in [6, 6.07) is -0.900. The highest BCUT2D eigenvalue weighted by molar-refractivity contribution is 5.84. The number of ether oxygens (including phenoxy) is 2.